The lowest BCUT2D eigenvalue weighted by atomic mass is 9.76. The maximum absolute atomic E-state index is 12.4. The first-order chi connectivity index (χ1) is 11.5. The van der Waals surface area contributed by atoms with Gasteiger partial charge in [-0.1, -0.05) is 26.2 Å². The summed E-state index contributed by atoms with van der Waals surface area (Å²) in [7, 11) is 0. The molecular formula is C17H27NO6. The molecular weight excluding hydrogens is 314 g/mol. The predicted octanol–water partition coefficient (Wildman–Crippen LogP) is 1.31. The summed E-state index contributed by atoms with van der Waals surface area (Å²) in [5, 5.41) is 8.46. The molecule has 24 heavy (non-hydrogen) atoms. The number of carboxylic acids is 1. The van der Waals surface area contributed by atoms with Gasteiger partial charge >= 0.3 is 5.97 Å². The molecule has 7 heteroatoms. The van der Waals surface area contributed by atoms with Crippen LogP contribution < -0.4 is 0 Å². The minimum atomic E-state index is -0.896. The molecule has 2 rings (SSSR count). The molecule has 2 unspecified atom stereocenters. The van der Waals surface area contributed by atoms with Crippen LogP contribution in [0.1, 0.15) is 39.0 Å². The Bertz CT molecular complexity index is 462. The largest absolute Gasteiger partial charge is 0.481 e. The van der Waals surface area contributed by atoms with Gasteiger partial charge in [-0.3, -0.25) is 19.3 Å². The standard InChI is InChI=1S/C17H27NO6/c1-12-14(11-13-3-2-4-13)17(22)18(16(12)21)6-8-24-10-9-23-7-5-15(19)20/h12-14H,2-11H2,1H3,(H,19,20). The summed E-state index contributed by atoms with van der Waals surface area (Å²) in [5.74, 6) is -0.827. The van der Waals surface area contributed by atoms with E-state index in [1.165, 1.54) is 24.2 Å². The lowest BCUT2D eigenvalue weighted by Crippen LogP contribution is -2.34. The number of rotatable bonds is 11. The highest BCUT2D eigenvalue weighted by Crippen LogP contribution is 2.38. The van der Waals surface area contributed by atoms with E-state index in [1.54, 1.807) is 0 Å². The van der Waals surface area contributed by atoms with Crippen LogP contribution in [0.15, 0.2) is 0 Å². The summed E-state index contributed by atoms with van der Waals surface area (Å²) in [6.07, 6.45) is 4.39. The molecule has 1 saturated carbocycles. The Balaban J connectivity index is 1.62. The van der Waals surface area contributed by atoms with E-state index in [4.69, 9.17) is 14.6 Å². The van der Waals surface area contributed by atoms with Crippen molar-refractivity contribution < 1.29 is 29.0 Å². The Labute approximate surface area is 142 Å². The van der Waals surface area contributed by atoms with E-state index in [0.29, 0.717) is 19.1 Å². The molecule has 0 spiro atoms. The van der Waals surface area contributed by atoms with Crippen LogP contribution in [-0.4, -0.2) is 60.8 Å². The number of nitrogens with zero attached hydrogens (tertiary/aromatic N) is 1. The zero-order valence-corrected chi connectivity index (χ0v) is 14.2. The predicted molar refractivity (Wildman–Crippen MR) is 85.2 cm³/mol. The fourth-order valence-electron chi connectivity index (χ4n) is 3.19. The number of carboxylic acid groups (broad SMARTS) is 1. The molecule has 1 aliphatic carbocycles. The molecule has 0 aromatic heterocycles. The fraction of sp³-hybridized carbons (Fsp3) is 0.824. The Hall–Kier alpha value is -1.47. The first-order valence-corrected chi connectivity index (χ1v) is 8.73. The number of aliphatic carboxylic acids is 1. The smallest absolute Gasteiger partial charge is 0.305 e. The molecule has 1 saturated heterocycles. The van der Waals surface area contributed by atoms with Crippen molar-refractivity contribution in [1.82, 2.24) is 4.90 Å². The van der Waals surface area contributed by atoms with Crippen LogP contribution in [0.2, 0.25) is 0 Å². The second-order valence-electron chi connectivity index (χ2n) is 6.62. The van der Waals surface area contributed by atoms with Gasteiger partial charge in [0.2, 0.25) is 11.8 Å². The summed E-state index contributed by atoms with van der Waals surface area (Å²) in [6, 6.07) is 0. The minimum absolute atomic E-state index is 0.0307. The van der Waals surface area contributed by atoms with Crippen molar-refractivity contribution in [2.45, 2.75) is 39.0 Å². The van der Waals surface area contributed by atoms with Gasteiger partial charge in [0, 0.05) is 5.92 Å². The van der Waals surface area contributed by atoms with Crippen molar-refractivity contribution in [3.8, 4) is 0 Å². The maximum atomic E-state index is 12.4. The van der Waals surface area contributed by atoms with Gasteiger partial charge in [0.25, 0.3) is 0 Å². The zero-order valence-electron chi connectivity index (χ0n) is 14.2. The summed E-state index contributed by atoms with van der Waals surface area (Å²) >= 11 is 0. The number of amides is 2. The zero-order chi connectivity index (χ0) is 17.5. The maximum Gasteiger partial charge on any atom is 0.305 e. The van der Waals surface area contributed by atoms with Crippen LogP contribution in [0, 0.1) is 17.8 Å². The van der Waals surface area contributed by atoms with Gasteiger partial charge in [0.05, 0.1) is 45.3 Å². The number of hydrogen-bond acceptors (Lipinski definition) is 5. The van der Waals surface area contributed by atoms with E-state index in [1.807, 2.05) is 6.92 Å². The minimum Gasteiger partial charge on any atom is -0.481 e. The van der Waals surface area contributed by atoms with Gasteiger partial charge in [0.1, 0.15) is 0 Å². The van der Waals surface area contributed by atoms with Gasteiger partial charge in [0.15, 0.2) is 0 Å². The third-order valence-corrected chi connectivity index (χ3v) is 4.95. The number of hydrogen-bond donors (Lipinski definition) is 1. The second kappa shape index (κ2) is 9.13. The average molecular weight is 341 g/mol. The topological polar surface area (TPSA) is 93.1 Å². The third-order valence-electron chi connectivity index (χ3n) is 4.95. The highest BCUT2D eigenvalue weighted by Gasteiger charge is 2.45. The van der Waals surface area contributed by atoms with Crippen LogP contribution >= 0.6 is 0 Å². The van der Waals surface area contributed by atoms with E-state index < -0.39 is 5.97 Å². The van der Waals surface area contributed by atoms with E-state index in [9.17, 15) is 14.4 Å². The molecule has 2 atom stereocenters. The number of carbonyl (C=O) groups excluding carboxylic acids is 2. The van der Waals surface area contributed by atoms with Gasteiger partial charge in [-0.15, -0.1) is 0 Å². The molecule has 1 heterocycles. The summed E-state index contributed by atoms with van der Waals surface area (Å²) in [5.41, 5.74) is 0. The molecule has 0 aromatic rings. The summed E-state index contributed by atoms with van der Waals surface area (Å²) < 4.78 is 10.5. The Morgan fingerprint density at radius 3 is 2.38 bits per heavy atom. The quantitative estimate of drug-likeness (QED) is 0.450. The van der Waals surface area contributed by atoms with E-state index in [-0.39, 0.29) is 49.8 Å². The first-order valence-electron chi connectivity index (χ1n) is 8.73. The molecule has 2 aliphatic rings. The van der Waals surface area contributed by atoms with Crippen molar-refractivity contribution in [3.05, 3.63) is 0 Å². The SMILES string of the molecule is CC1C(=O)N(CCOCCOCCC(=O)O)C(=O)C1CC1CCC1. The number of likely N-dealkylation sites (tertiary alicyclic amines) is 1. The monoisotopic (exact) mass is 341 g/mol. The van der Waals surface area contributed by atoms with Crippen LogP contribution in [0.5, 0.6) is 0 Å². The summed E-state index contributed by atoms with van der Waals surface area (Å²) in [4.78, 5) is 36.3. The van der Waals surface area contributed by atoms with Gasteiger partial charge in [-0.25, -0.2) is 0 Å². The second-order valence-corrected chi connectivity index (χ2v) is 6.62. The van der Waals surface area contributed by atoms with Gasteiger partial charge in [-0.05, 0) is 12.3 Å². The molecule has 0 radical (unpaired) electrons. The Morgan fingerprint density at radius 2 is 1.79 bits per heavy atom. The summed E-state index contributed by atoms with van der Waals surface area (Å²) in [6.45, 7) is 3.18. The number of ether oxygens (including phenoxy) is 2. The van der Waals surface area contributed by atoms with Crippen LogP contribution in [0.25, 0.3) is 0 Å². The van der Waals surface area contributed by atoms with Crippen molar-refractivity contribution in [1.29, 1.82) is 0 Å². The molecule has 2 fully saturated rings. The third kappa shape index (κ3) is 5.01. The van der Waals surface area contributed by atoms with E-state index in [0.717, 1.165) is 6.42 Å². The van der Waals surface area contributed by atoms with Crippen LogP contribution in [0.3, 0.4) is 0 Å². The van der Waals surface area contributed by atoms with Gasteiger partial charge < -0.3 is 14.6 Å². The molecule has 136 valence electrons. The lowest BCUT2D eigenvalue weighted by Gasteiger charge is -2.28. The van der Waals surface area contributed by atoms with E-state index >= 15 is 0 Å². The van der Waals surface area contributed by atoms with Crippen LogP contribution in [0.4, 0.5) is 0 Å². The molecule has 0 bridgehead atoms. The van der Waals surface area contributed by atoms with Crippen molar-refractivity contribution in [2.75, 3.05) is 33.0 Å². The molecule has 2 amide bonds. The van der Waals surface area contributed by atoms with Crippen molar-refractivity contribution in [2.24, 2.45) is 17.8 Å². The Morgan fingerprint density at radius 1 is 1.12 bits per heavy atom. The van der Waals surface area contributed by atoms with Gasteiger partial charge in [-0.2, -0.15) is 0 Å². The molecule has 1 aliphatic heterocycles. The molecule has 0 aromatic carbocycles. The fourth-order valence-corrected chi connectivity index (χ4v) is 3.19. The highest BCUT2D eigenvalue weighted by molar-refractivity contribution is 6.04. The highest BCUT2D eigenvalue weighted by atomic mass is 16.5. The van der Waals surface area contributed by atoms with Crippen molar-refractivity contribution >= 4 is 17.8 Å². The first kappa shape index (κ1) is 18.9. The van der Waals surface area contributed by atoms with Crippen molar-refractivity contribution in [3.63, 3.8) is 0 Å². The van der Waals surface area contributed by atoms with Crippen LogP contribution in [-0.2, 0) is 23.9 Å². The lowest BCUT2D eigenvalue weighted by molar-refractivity contribution is -0.141. The Kier molecular flexibility index (Phi) is 7.17. The number of imide groups is 1. The normalized spacial score (nSPS) is 24.5. The average Bonchev–Trinajstić information content (AvgIpc) is 2.69. The molecule has 7 nitrogen and oxygen atoms in total. The van der Waals surface area contributed by atoms with E-state index in [2.05, 4.69) is 0 Å². The number of carbonyl (C=O) groups is 3. The molecule has 1 N–H and O–H groups in total.